The summed E-state index contributed by atoms with van der Waals surface area (Å²) in [6.45, 7) is 2.94. The van der Waals surface area contributed by atoms with Gasteiger partial charge in [-0.2, -0.15) is 0 Å². The molecule has 0 aromatic heterocycles. The summed E-state index contributed by atoms with van der Waals surface area (Å²) in [4.78, 5) is 35.0. The van der Waals surface area contributed by atoms with Crippen LogP contribution in [0.15, 0.2) is 48.5 Å². The summed E-state index contributed by atoms with van der Waals surface area (Å²) in [6, 6.07) is 10.8. The van der Waals surface area contributed by atoms with Crippen molar-refractivity contribution < 1.29 is 28.6 Å². The monoisotopic (exact) mass is 373 g/mol. The molecule has 0 heterocycles. The van der Waals surface area contributed by atoms with Crippen LogP contribution in [0.1, 0.15) is 42.2 Å². The lowest BCUT2D eigenvalue weighted by Gasteiger charge is -2.21. The van der Waals surface area contributed by atoms with Crippen LogP contribution in [-0.4, -0.2) is 28.9 Å². The standard InChI is InChI=1S/C20H20FNO5/c1-12(23)15-4-3-5-17(10-15)27-13(2)20(26)22-18(11-19(24)25)14-6-8-16(21)9-7-14/h3-10,13,18H,11H2,1-2H3,(H,22,26)(H,24,25). The molecule has 142 valence electrons. The predicted octanol–water partition coefficient (Wildman–Crippen LogP) is 3.13. The number of hydrogen-bond acceptors (Lipinski definition) is 4. The molecule has 0 aliphatic heterocycles. The van der Waals surface area contributed by atoms with Crippen LogP contribution in [0.4, 0.5) is 4.39 Å². The van der Waals surface area contributed by atoms with E-state index in [9.17, 15) is 18.8 Å². The molecule has 0 fully saturated rings. The van der Waals surface area contributed by atoms with E-state index in [0.29, 0.717) is 16.9 Å². The molecule has 0 spiro atoms. The number of ether oxygens (including phenoxy) is 1. The van der Waals surface area contributed by atoms with Crippen molar-refractivity contribution in [2.24, 2.45) is 0 Å². The number of hydrogen-bond donors (Lipinski definition) is 2. The molecule has 0 radical (unpaired) electrons. The number of rotatable bonds is 8. The predicted molar refractivity (Wildman–Crippen MR) is 96.1 cm³/mol. The van der Waals surface area contributed by atoms with E-state index in [2.05, 4.69) is 5.32 Å². The largest absolute Gasteiger partial charge is 0.481 e. The van der Waals surface area contributed by atoms with Gasteiger partial charge in [0.05, 0.1) is 12.5 Å². The number of benzene rings is 2. The Bertz CT molecular complexity index is 835. The zero-order valence-corrected chi connectivity index (χ0v) is 14.9. The molecular weight excluding hydrogens is 353 g/mol. The van der Waals surface area contributed by atoms with Gasteiger partial charge in [-0.05, 0) is 43.7 Å². The van der Waals surface area contributed by atoms with Crippen LogP contribution in [0, 0.1) is 5.82 Å². The third-order valence-corrected chi connectivity index (χ3v) is 3.89. The molecule has 2 aromatic rings. The lowest BCUT2D eigenvalue weighted by molar-refractivity contribution is -0.138. The summed E-state index contributed by atoms with van der Waals surface area (Å²) >= 11 is 0. The zero-order valence-electron chi connectivity index (χ0n) is 14.9. The van der Waals surface area contributed by atoms with Crippen molar-refractivity contribution in [1.82, 2.24) is 5.32 Å². The minimum absolute atomic E-state index is 0.129. The SMILES string of the molecule is CC(=O)c1cccc(OC(C)C(=O)NC(CC(=O)O)c2ccc(F)cc2)c1. The summed E-state index contributed by atoms with van der Waals surface area (Å²) in [6.07, 6.45) is -1.28. The first-order chi connectivity index (χ1) is 12.8. The number of carbonyl (C=O) groups is 3. The molecule has 2 atom stereocenters. The quantitative estimate of drug-likeness (QED) is 0.694. The van der Waals surface area contributed by atoms with Crippen molar-refractivity contribution >= 4 is 17.7 Å². The third kappa shape index (κ3) is 5.91. The van der Waals surface area contributed by atoms with Gasteiger partial charge in [-0.25, -0.2) is 4.39 Å². The Kier molecular flexibility index (Phi) is 6.65. The topological polar surface area (TPSA) is 92.7 Å². The van der Waals surface area contributed by atoms with Crippen molar-refractivity contribution in [2.75, 3.05) is 0 Å². The van der Waals surface area contributed by atoms with Gasteiger partial charge in [-0.3, -0.25) is 14.4 Å². The van der Waals surface area contributed by atoms with Gasteiger partial charge in [-0.1, -0.05) is 24.3 Å². The first kappa shape index (κ1) is 20.1. The highest BCUT2D eigenvalue weighted by atomic mass is 19.1. The maximum absolute atomic E-state index is 13.1. The molecule has 0 bridgehead atoms. The first-order valence-corrected chi connectivity index (χ1v) is 8.31. The van der Waals surface area contributed by atoms with Crippen molar-refractivity contribution in [3.05, 3.63) is 65.5 Å². The second-order valence-electron chi connectivity index (χ2n) is 6.05. The van der Waals surface area contributed by atoms with Gasteiger partial charge in [0.25, 0.3) is 5.91 Å². The smallest absolute Gasteiger partial charge is 0.305 e. The molecule has 2 aromatic carbocycles. The summed E-state index contributed by atoms with van der Waals surface area (Å²) in [5.41, 5.74) is 0.924. The lowest BCUT2D eigenvalue weighted by atomic mass is 10.0. The van der Waals surface area contributed by atoms with Crippen LogP contribution < -0.4 is 10.1 Å². The summed E-state index contributed by atoms with van der Waals surface area (Å²) in [5, 5.41) is 11.7. The van der Waals surface area contributed by atoms with Crippen LogP contribution >= 0.6 is 0 Å². The number of ketones is 1. The maximum Gasteiger partial charge on any atom is 0.305 e. The average molecular weight is 373 g/mol. The molecule has 2 N–H and O–H groups in total. The van der Waals surface area contributed by atoms with Crippen molar-refractivity contribution in [1.29, 1.82) is 0 Å². The Morgan fingerprint density at radius 2 is 1.81 bits per heavy atom. The highest BCUT2D eigenvalue weighted by Gasteiger charge is 2.22. The number of amides is 1. The number of aliphatic carboxylic acids is 1. The third-order valence-electron chi connectivity index (χ3n) is 3.89. The maximum atomic E-state index is 13.1. The molecule has 0 aliphatic carbocycles. The van der Waals surface area contributed by atoms with E-state index in [4.69, 9.17) is 9.84 Å². The van der Waals surface area contributed by atoms with E-state index in [1.165, 1.54) is 44.2 Å². The molecule has 7 heteroatoms. The van der Waals surface area contributed by atoms with E-state index in [1.54, 1.807) is 18.2 Å². The van der Waals surface area contributed by atoms with E-state index in [0.717, 1.165) is 0 Å². The second kappa shape index (κ2) is 8.93. The molecule has 6 nitrogen and oxygen atoms in total. The molecule has 2 unspecified atom stereocenters. The Morgan fingerprint density at radius 3 is 2.41 bits per heavy atom. The number of carbonyl (C=O) groups excluding carboxylic acids is 2. The molecule has 2 rings (SSSR count). The van der Waals surface area contributed by atoms with Crippen LogP contribution in [0.2, 0.25) is 0 Å². The molecule has 27 heavy (non-hydrogen) atoms. The van der Waals surface area contributed by atoms with E-state index in [-0.39, 0.29) is 12.2 Å². The number of carboxylic acids is 1. The Labute approximate surface area is 156 Å². The molecule has 0 saturated carbocycles. The normalized spacial score (nSPS) is 12.7. The van der Waals surface area contributed by atoms with Crippen molar-refractivity contribution in [2.45, 2.75) is 32.4 Å². The number of Topliss-reactive ketones (excluding diaryl/α,β-unsaturated/α-hetero) is 1. The van der Waals surface area contributed by atoms with Crippen molar-refractivity contribution in [3.8, 4) is 5.75 Å². The molecule has 1 amide bonds. The van der Waals surface area contributed by atoms with Gasteiger partial charge >= 0.3 is 5.97 Å². The van der Waals surface area contributed by atoms with Gasteiger partial charge in [0.15, 0.2) is 11.9 Å². The highest BCUT2D eigenvalue weighted by Crippen LogP contribution is 2.19. The van der Waals surface area contributed by atoms with Crippen LogP contribution in [0.3, 0.4) is 0 Å². The Morgan fingerprint density at radius 1 is 1.15 bits per heavy atom. The van der Waals surface area contributed by atoms with E-state index >= 15 is 0 Å². The minimum atomic E-state index is -1.10. The number of halogens is 1. The summed E-state index contributed by atoms with van der Waals surface area (Å²) in [7, 11) is 0. The fraction of sp³-hybridized carbons (Fsp3) is 0.250. The van der Waals surface area contributed by atoms with E-state index < -0.39 is 29.8 Å². The first-order valence-electron chi connectivity index (χ1n) is 8.31. The van der Waals surface area contributed by atoms with Crippen LogP contribution in [-0.2, 0) is 9.59 Å². The van der Waals surface area contributed by atoms with Crippen LogP contribution in [0.25, 0.3) is 0 Å². The molecule has 0 saturated heterocycles. The summed E-state index contributed by atoms with van der Waals surface area (Å²) < 4.78 is 18.6. The highest BCUT2D eigenvalue weighted by molar-refractivity contribution is 5.94. The van der Waals surface area contributed by atoms with E-state index in [1.807, 2.05) is 0 Å². The second-order valence-corrected chi connectivity index (χ2v) is 6.05. The van der Waals surface area contributed by atoms with Gasteiger partial charge in [-0.15, -0.1) is 0 Å². The van der Waals surface area contributed by atoms with Gasteiger partial charge < -0.3 is 15.2 Å². The fourth-order valence-corrected chi connectivity index (χ4v) is 2.46. The average Bonchev–Trinajstić information content (AvgIpc) is 2.61. The minimum Gasteiger partial charge on any atom is -0.481 e. The van der Waals surface area contributed by atoms with Gasteiger partial charge in [0.1, 0.15) is 11.6 Å². The zero-order chi connectivity index (χ0) is 20.0. The van der Waals surface area contributed by atoms with Crippen LogP contribution in [0.5, 0.6) is 5.75 Å². The number of carboxylic acid groups (broad SMARTS) is 1. The van der Waals surface area contributed by atoms with Crippen molar-refractivity contribution in [3.63, 3.8) is 0 Å². The molecule has 0 aliphatic rings. The lowest BCUT2D eigenvalue weighted by Crippen LogP contribution is -2.39. The Balaban J connectivity index is 2.09. The van der Waals surface area contributed by atoms with Gasteiger partial charge in [0.2, 0.25) is 0 Å². The molecular formula is C20H20FNO5. The number of nitrogens with one attached hydrogen (secondary N) is 1. The Hall–Kier alpha value is -3.22. The fourth-order valence-electron chi connectivity index (χ4n) is 2.46. The van der Waals surface area contributed by atoms with Gasteiger partial charge in [0, 0.05) is 5.56 Å². The summed E-state index contributed by atoms with van der Waals surface area (Å²) in [5.74, 6) is -1.87.